The summed E-state index contributed by atoms with van der Waals surface area (Å²) in [6.07, 6.45) is 1.32. The van der Waals surface area contributed by atoms with Crippen LogP contribution in [0, 0.1) is 0 Å². The molecular weight excluding hydrogens is 172 g/mol. The molecule has 0 fully saturated rings. The van der Waals surface area contributed by atoms with Gasteiger partial charge in [-0.3, -0.25) is 5.32 Å². The molecule has 74 valence electrons. The van der Waals surface area contributed by atoms with Crippen molar-refractivity contribution in [1.82, 2.24) is 15.6 Å². The fraction of sp³-hybridized carbons (Fsp3) is 0.571. The monoisotopic (exact) mass is 186 g/mol. The first-order valence-corrected chi connectivity index (χ1v) is 4.13. The lowest BCUT2D eigenvalue weighted by Gasteiger charge is -2.27. The van der Waals surface area contributed by atoms with Gasteiger partial charge in [-0.25, -0.2) is 15.6 Å². The van der Waals surface area contributed by atoms with Crippen LogP contribution in [0.3, 0.4) is 0 Å². The summed E-state index contributed by atoms with van der Waals surface area (Å²) >= 11 is 0. The van der Waals surface area contributed by atoms with Gasteiger partial charge in [0, 0.05) is 12.6 Å². The Balaban J connectivity index is 2.57. The number of nitrogens with two attached hydrogens (primary N) is 1. The number of hydrogen-bond donors (Lipinski definition) is 4. The van der Waals surface area contributed by atoms with Crippen LogP contribution in [0.15, 0.2) is 11.9 Å². The molecule has 0 aromatic rings. The van der Waals surface area contributed by atoms with Crippen LogP contribution in [0.1, 0.15) is 13.3 Å². The fourth-order valence-electron chi connectivity index (χ4n) is 0.934. The van der Waals surface area contributed by atoms with E-state index in [2.05, 4.69) is 10.6 Å². The van der Waals surface area contributed by atoms with Crippen LogP contribution in [0.4, 0.5) is 4.79 Å². The van der Waals surface area contributed by atoms with E-state index in [-0.39, 0.29) is 0 Å². The first-order chi connectivity index (χ1) is 6.15. The lowest BCUT2D eigenvalue weighted by Crippen LogP contribution is -2.55. The first kappa shape index (κ1) is 9.82. The highest BCUT2D eigenvalue weighted by Gasteiger charge is 2.22. The van der Waals surface area contributed by atoms with Crippen molar-refractivity contribution >= 4 is 6.03 Å². The van der Waals surface area contributed by atoms with E-state index in [4.69, 9.17) is 5.84 Å². The maximum atomic E-state index is 11.0. The average molecular weight is 186 g/mol. The highest BCUT2D eigenvalue weighted by molar-refractivity contribution is 5.77. The molecule has 0 aromatic carbocycles. The molecule has 0 bridgehead atoms. The third-order valence-electron chi connectivity index (χ3n) is 1.64. The molecule has 0 aliphatic carbocycles. The topological polar surface area (TPSA) is 90.6 Å². The summed E-state index contributed by atoms with van der Waals surface area (Å²) in [6.45, 7) is 2.74. The fourth-order valence-corrected chi connectivity index (χ4v) is 0.934. The van der Waals surface area contributed by atoms with Crippen molar-refractivity contribution in [2.45, 2.75) is 19.6 Å². The van der Waals surface area contributed by atoms with E-state index < -0.39 is 12.3 Å². The molecule has 0 saturated heterocycles. The van der Waals surface area contributed by atoms with Crippen LogP contribution in [0.5, 0.6) is 0 Å². The molecule has 1 heterocycles. The number of amides is 2. The van der Waals surface area contributed by atoms with E-state index in [9.17, 15) is 9.90 Å². The third-order valence-corrected chi connectivity index (χ3v) is 1.64. The van der Waals surface area contributed by atoms with Crippen molar-refractivity contribution in [3.8, 4) is 0 Å². The summed E-state index contributed by atoms with van der Waals surface area (Å²) in [5, 5.41) is 15.4. The van der Waals surface area contributed by atoms with Crippen LogP contribution in [0.2, 0.25) is 0 Å². The molecule has 1 rings (SSSR count). The zero-order chi connectivity index (χ0) is 9.84. The predicted molar refractivity (Wildman–Crippen MR) is 46.9 cm³/mol. The van der Waals surface area contributed by atoms with E-state index in [1.807, 2.05) is 6.92 Å². The van der Waals surface area contributed by atoms with E-state index in [1.54, 1.807) is 0 Å². The first-order valence-electron chi connectivity index (χ1n) is 4.13. The summed E-state index contributed by atoms with van der Waals surface area (Å²) in [5.74, 6) is 5.71. The SMILES string of the molecule is CCCNC1=C[C@@H](O)N(N)C(=O)N1. The van der Waals surface area contributed by atoms with Crippen LogP contribution in [-0.2, 0) is 0 Å². The Morgan fingerprint density at radius 2 is 2.54 bits per heavy atom. The van der Waals surface area contributed by atoms with Gasteiger partial charge in [0.25, 0.3) is 0 Å². The quantitative estimate of drug-likeness (QED) is 0.337. The van der Waals surface area contributed by atoms with Crippen LogP contribution >= 0.6 is 0 Å². The third kappa shape index (κ3) is 2.33. The Labute approximate surface area is 76.4 Å². The summed E-state index contributed by atoms with van der Waals surface area (Å²) in [7, 11) is 0. The second-order valence-corrected chi connectivity index (χ2v) is 2.76. The van der Waals surface area contributed by atoms with Gasteiger partial charge < -0.3 is 10.4 Å². The van der Waals surface area contributed by atoms with Gasteiger partial charge in [0.15, 0.2) is 6.23 Å². The van der Waals surface area contributed by atoms with E-state index in [1.165, 1.54) is 6.08 Å². The van der Waals surface area contributed by atoms with E-state index >= 15 is 0 Å². The molecule has 5 N–H and O–H groups in total. The van der Waals surface area contributed by atoms with Gasteiger partial charge in [-0.15, -0.1) is 0 Å². The summed E-state index contributed by atoms with van der Waals surface area (Å²) < 4.78 is 0. The summed E-state index contributed by atoms with van der Waals surface area (Å²) in [4.78, 5) is 11.0. The van der Waals surface area contributed by atoms with Gasteiger partial charge in [-0.1, -0.05) is 6.92 Å². The van der Waals surface area contributed by atoms with Crippen molar-refractivity contribution in [3.05, 3.63) is 11.9 Å². The molecule has 0 aromatic heterocycles. The normalized spacial score (nSPS) is 22.4. The number of rotatable bonds is 3. The van der Waals surface area contributed by atoms with E-state index in [0.29, 0.717) is 5.82 Å². The molecule has 1 aliphatic heterocycles. The van der Waals surface area contributed by atoms with Crippen molar-refractivity contribution in [3.63, 3.8) is 0 Å². The number of nitrogens with one attached hydrogen (secondary N) is 2. The number of hydrogen-bond acceptors (Lipinski definition) is 4. The van der Waals surface area contributed by atoms with Crippen molar-refractivity contribution in [1.29, 1.82) is 0 Å². The Kier molecular flexibility index (Phi) is 3.10. The Hall–Kier alpha value is -1.27. The van der Waals surface area contributed by atoms with Crippen LogP contribution < -0.4 is 16.5 Å². The van der Waals surface area contributed by atoms with Gasteiger partial charge in [-0.05, 0) is 6.42 Å². The standard InChI is InChI=1S/C7H14N4O2/c1-2-3-9-5-4-6(12)11(8)7(13)10-5/h4,6,9,12H,2-3,8H2,1H3,(H,10,13)/t6-/m1/s1. The molecule has 0 radical (unpaired) electrons. The Morgan fingerprint density at radius 1 is 1.85 bits per heavy atom. The molecular formula is C7H14N4O2. The molecule has 1 atom stereocenters. The Bertz CT molecular complexity index is 229. The van der Waals surface area contributed by atoms with Crippen molar-refractivity contribution in [2.24, 2.45) is 5.84 Å². The van der Waals surface area contributed by atoms with Gasteiger partial charge in [0.05, 0.1) is 0 Å². The molecule has 0 unspecified atom stereocenters. The van der Waals surface area contributed by atoms with Gasteiger partial charge in [0.1, 0.15) is 5.82 Å². The largest absolute Gasteiger partial charge is 0.372 e. The molecule has 0 spiro atoms. The molecule has 2 amide bonds. The zero-order valence-electron chi connectivity index (χ0n) is 7.45. The zero-order valence-corrected chi connectivity index (χ0v) is 7.45. The number of aliphatic hydroxyl groups is 1. The molecule has 0 saturated carbocycles. The predicted octanol–water partition coefficient (Wildman–Crippen LogP) is -0.955. The minimum Gasteiger partial charge on any atom is -0.372 e. The van der Waals surface area contributed by atoms with E-state index in [0.717, 1.165) is 18.0 Å². The van der Waals surface area contributed by atoms with Gasteiger partial charge in [-0.2, -0.15) is 0 Å². The number of carbonyl (C=O) groups excluding carboxylic acids is 1. The maximum absolute atomic E-state index is 11.0. The molecule has 6 nitrogen and oxygen atoms in total. The number of carbonyl (C=O) groups is 1. The number of aliphatic hydroxyl groups excluding tert-OH is 1. The van der Waals surface area contributed by atoms with Crippen molar-refractivity contribution in [2.75, 3.05) is 6.54 Å². The average Bonchev–Trinajstić information content (AvgIpc) is 2.10. The highest BCUT2D eigenvalue weighted by atomic mass is 16.3. The van der Waals surface area contributed by atoms with Crippen molar-refractivity contribution < 1.29 is 9.90 Å². The number of hydrazine groups is 1. The molecule has 1 aliphatic rings. The highest BCUT2D eigenvalue weighted by Crippen LogP contribution is 2.02. The Morgan fingerprint density at radius 3 is 3.08 bits per heavy atom. The lowest BCUT2D eigenvalue weighted by molar-refractivity contribution is 0.0603. The lowest BCUT2D eigenvalue weighted by atomic mass is 10.4. The minimum absolute atomic E-state index is 0.501. The minimum atomic E-state index is -1.06. The smallest absolute Gasteiger partial charge is 0.339 e. The van der Waals surface area contributed by atoms with Gasteiger partial charge >= 0.3 is 6.03 Å². The second-order valence-electron chi connectivity index (χ2n) is 2.76. The summed E-state index contributed by atoms with van der Waals surface area (Å²) in [5.41, 5.74) is 0. The summed E-state index contributed by atoms with van der Waals surface area (Å²) in [6, 6.07) is -0.520. The van der Waals surface area contributed by atoms with Crippen LogP contribution in [0.25, 0.3) is 0 Å². The van der Waals surface area contributed by atoms with Crippen LogP contribution in [-0.4, -0.2) is 28.9 Å². The number of urea groups is 1. The number of nitrogens with zero attached hydrogens (tertiary/aromatic N) is 1. The maximum Gasteiger partial charge on any atom is 0.339 e. The van der Waals surface area contributed by atoms with Gasteiger partial charge in [0.2, 0.25) is 0 Å². The molecule has 6 heteroatoms. The second kappa shape index (κ2) is 4.11. The molecule has 13 heavy (non-hydrogen) atoms.